The van der Waals surface area contributed by atoms with Crippen LogP contribution in [0.2, 0.25) is 0 Å². The molecule has 2 aromatic heterocycles. The van der Waals surface area contributed by atoms with Crippen molar-refractivity contribution in [2.24, 2.45) is 19.2 Å². The Hall–Kier alpha value is -3.21. The maximum absolute atomic E-state index is 12.3. The van der Waals surface area contributed by atoms with E-state index in [1.165, 1.54) is 41.8 Å². The smallest absolute Gasteiger partial charge is 0.332 e. The fraction of sp³-hybridized carbons (Fsp3) is 0.188. The van der Waals surface area contributed by atoms with E-state index in [0.29, 0.717) is 5.56 Å². The van der Waals surface area contributed by atoms with Gasteiger partial charge in [-0.1, -0.05) is 15.9 Å². The Kier molecular flexibility index (Phi) is 4.95. The van der Waals surface area contributed by atoms with Crippen molar-refractivity contribution >= 4 is 39.2 Å². The molecule has 0 bridgehead atoms. The van der Waals surface area contributed by atoms with Gasteiger partial charge in [-0.3, -0.25) is 18.7 Å². The maximum Gasteiger partial charge on any atom is 0.332 e. The molecule has 11 heteroatoms. The molecule has 0 aliphatic heterocycles. The van der Waals surface area contributed by atoms with Gasteiger partial charge in [0.05, 0.1) is 12.5 Å². The summed E-state index contributed by atoms with van der Waals surface area (Å²) >= 11 is 3.28. The van der Waals surface area contributed by atoms with Crippen molar-refractivity contribution in [3.05, 3.63) is 55.4 Å². The average molecular weight is 435 g/mol. The number of aromatic nitrogens is 4. The predicted octanol–water partition coefficient (Wildman–Crippen LogP) is 0.0521. The normalized spacial score (nSPS) is 11.4. The number of carbonyl (C=O) groups excluding carboxylic acids is 1. The zero-order valence-electron chi connectivity index (χ0n) is 14.4. The molecule has 2 heterocycles. The molecule has 3 rings (SSSR count). The summed E-state index contributed by atoms with van der Waals surface area (Å²) in [5.41, 5.74) is 2.03. The van der Waals surface area contributed by atoms with Crippen LogP contribution in [0, 0.1) is 0 Å². The lowest BCUT2D eigenvalue weighted by Crippen LogP contribution is -2.38. The van der Waals surface area contributed by atoms with E-state index >= 15 is 0 Å². The van der Waals surface area contributed by atoms with Gasteiger partial charge < -0.3 is 9.67 Å². The average Bonchev–Trinajstić information content (AvgIpc) is 3.04. The molecule has 0 atom stereocenters. The molecule has 0 saturated heterocycles. The highest BCUT2D eigenvalue weighted by Crippen LogP contribution is 2.19. The Morgan fingerprint density at radius 2 is 2.07 bits per heavy atom. The number of nitrogens with one attached hydrogen (secondary N) is 1. The number of amides is 1. The number of fused-ring (bicyclic) bond motifs is 1. The molecular formula is C16H15BrN6O4. The maximum atomic E-state index is 12.3. The molecule has 0 fully saturated rings. The lowest BCUT2D eigenvalue weighted by molar-refractivity contribution is -0.121. The molecule has 0 radical (unpaired) electrons. The van der Waals surface area contributed by atoms with E-state index in [0.717, 1.165) is 9.04 Å². The predicted molar refractivity (Wildman–Crippen MR) is 102 cm³/mol. The Balaban J connectivity index is 1.81. The monoisotopic (exact) mass is 434 g/mol. The van der Waals surface area contributed by atoms with Crippen LogP contribution in [0.4, 0.5) is 0 Å². The second kappa shape index (κ2) is 7.19. The zero-order chi connectivity index (χ0) is 19.7. The van der Waals surface area contributed by atoms with Crippen LogP contribution in [0.25, 0.3) is 11.2 Å². The lowest BCUT2D eigenvalue weighted by Gasteiger charge is -2.06. The summed E-state index contributed by atoms with van der Waals surface area (Å²) in [5.74, 6) is -0.489. The lowest BCUT2D eigenvalue weighted by atomic mass is 10.2. The molecule has 1 aromatic carbocycles. The number of phenolic OH excluding ortho intramolecular Hbond substituents is 1. The van der Waals surface area contributed by atoms with E-state index < -0.39 is 17.2 Å². The summed E-state index contributed by atoms with van der Waals surface area (Å²) in [5, 5.41) is 13.5. The first-order valence-electron chi connectivity index (χ1n) is 7.71. The first-order chi connectivity index (χ1) is 12.8. The second-order valence-corrected chi connectivity index (χ2v) is 6.66. The number of hydrogen-bond donors (Lipinski definition) is 2. The molecule has 1 amide bonds. The van der Waals surface area contributed by atoms with Gasteiger partial charge in [0.2, 0.25) is 0 Å². The Morgan fingerprint density at radius 3 is 2.81 bits per heavy atom. The Morgan fingerprint density at radius 1 is 1.33 bits per heavy atom. The third kappa shape index (κ3) is 3.53. The van der Waals surface area contributed by atoms with Crippen molar-refractivity contribution in [3.8, 4) is 5.75 Å². The molecule has 0 spiro atoms. The molecule has 0 aliphatic carbocycles. The van der Waals surface area contributed by atoms with Gasteiger partial charge in [-0.25, -0.2) is 15.2 Å². The number of hydrazone groups is 1. The Labute approximate surface area is 160 Å². The Bertz CT molecular complexity index is 1190. The highest BCUT2D eigenvalue weighted by Gasteiger charge is 2.15. The third-order valence-electron chi connectivity index (χ3n) is 3.91. The van der Waals surface area contributed by atoms with E-state index in [2.05, 4.69) is 31.4 Å². The van der Waals surface area contributed by atoms with E-state index in [9.17, 15) is 19.5 Å². The second-order valence-electron chi connectivity index (χ2n) is 5.75. The van der Waals surface area contributed by atoms with Crippen molar-refractivity contribution in [2.75, 3.05) is 0 Å². The fourth-order valence-electron chi connectivity index (χ4n) is 2.51. The number of carbonyl (C=O) groups is 1. The van der Waals surface area contributed by atoms with E-state index in [1.54, 1.807) is 12.1 Å². The molecule has 27 heavy (non-hydrogen) atoms. The topological polar surface area (TPSA) is 124 Å². The van der Waals surface area contributed by atoms with Gasteiger partial charge in [0.15, 0.2) is 11.2 Å². The molecule has 10 nitrogen and oxygen atoms in total. The van der Waals surface area contributed by atoms with E-state index in [1.807, 2.05) is 0 Å². The number of hydrogen-bond acceptors (Lipinski definition) is 6. The van der Waals surface area contributed by atoms with Crippen LogP contribution < -0.4 is 16.7 Å². The molecule has 0 unspecified atom stereocenters. The minimum atomic E-state index is -0.541. The quantitative estimate of drug-likeness (QED) is 0.443. The number of imidazole rings is 1. The van der Waals surface area contributed by atoms with E-state index in [-0.39, 0.29) is 23.5 Å². The van der Waals surface area contributed by atoms with Crippen LogP contribution in [-0.4, -0.2) is 35.9 Å². The van der Waals surface area contributed by atoms with Crippen molar-refractivity contribution in [3.63, 3.8) is 0 Å². The van der Waals surface area contributed by atoms with Gasteiger partial charge in [0.1, 0.15) is 12.3 Å². The number of nitrogens with zero attached hydrogens (tertiary/aromatic N) is 5. The largest absolute Gasteiger partial charge is 0.507 e. The van der Waals surface area contributed by atoms with Crippen LogP contribution in [0.3, 0.4) is 0 Å². The molecule has 3 aromatic rings. The first-order valence-corrected chi connectivity index (χ1v) is 8.50. The first kappa shape index (κ1) is 18.6. The SMILES string of the molecule is Cn1c(=O)c2c(ncn2CC(=O)NN=Cc2cc(Br)ccc2O)n(C)c1=O. The number of aromatic hydroxyl groups is 1. The molecular weight excluding hydrogens is 420 g/mol. The minimum Gasteiger partial charge on any atom is -0.507 e. The summed E-state index contributed by atoms with van der Waals surface area (Å²) in [4.78, 5) is 40.4. The van der Waals surface area contributed by atoms with Gasteiger partial charge in [-0.15, -0.1) is 0 Å². The number of aryl methyl sites for hydroxylation is 1. The van der Waals surface area contributed by atoms with Gasteiger partial charge in [-0.05, 0) is 18.2 Å². The van der Waals surface area contributed by atoms with Gasteiger partial charge >= 0.3 is 5.69 Å². The molecule has 0 aliphatic rings. The molecule has 2 N–H and O–H groups in total. The van der Waals surface area contributed by atoms with Crippen LogP contribution in [0.1, 0.15) is 5.56 Å². The summed E-state index contributed by atoms with van der Waals surface area (Å²) in [7, 11) is 2.85. The number of phenols is 1. The van der Waals surface area contributed by atoms with Crippen molar-refractivity contribution in [1.29, 1.82) is 0 Å². The minimum absolute atomic E-state index is 0.0150. The standard InChI is InChI=1S/C16H15BrN6O4/c1-21-14-13(15(26)22(2)16(21)27)23(8-18-14)7-12(25)20-19-6-9-5-10(17)3-4-11(9)24/h3-6,8,24H,7H2,1-2H3,(H,20,25). The molecule has 0 saturated carbocycles. The van der Waals surface area contributed by atoms with E-state index in [4.69, 9.17) is 0 Å². The fourth-order valence-corrected chi connectivity index (χ4v) is 2.89. The van der Waals surface area contributed by atoms with Crippen LogP contribution >= 0.6 is 15.9 Å². The summed E-state index contributed by atoms with van der Waals surface area (Å²) in [6, 6.07) is 4.80. The third-order valence-corrected chi connectivity index (χ3v) is 4.41. The molecule has 140 valence electrons. The van der Waals surface area contributed by atoms with Gasteiger partial charge in [-0.2, -0.15) is 5.10 Å². The van der Waals surface area contributed by atoms with Gasteiger partial charge in [0.25, 0.3) is 11.5 Å². The van der Waals surface area contributed by atoms with Gasteiger partial charge in [0, 0.05) is 24.1 Å². The highest BCUT2D eigenvalue weighted by molar-refractivity contribution is 9.10. The van der Waals surface area contributed by atoms with Crippen LogP contribution in [0.5, 0.6) is 5.75 Å². The van der Waals surface area contributed by atoms with Crippen molar-refractivity contribution in [2.45, 2.75) is 6.54 Å². The number of halogens is 1. The summed E-state index contributed by atoms with van der Waals surface area (Å²) < 4.78 is 4.28. The number of rotatable bonds is 4. The van der Waals surface area contributed by atoms with Crippen LogP contribution in [-0.2, 0) is 25.4 Å². The number of benzene rings is 1. The summed E-state index contributed by atoms with van der Waals surface area (Å²) in [6.07, 6.45) is 2.61. The van der Waals surface area contributed by atoms with Crippen LogP contribution in [0.15, 0.2) is 43.7 Å². The van der Waals surface area contributed by atoms with Crippen molar-refractivity contribution in [1.82, 2.24) is 24.1 Å². The summed E-state index contributed by atoms with van der Waals surface area (Å²) in [6.45, 7) is -0.217. The zero-order valence-corrected chi connectivity index (χ0v) is 16.0. The van der Waals surface area contributed by atoms with Crippen molar-refractivity contribution < 1.29 is 9.90 Å². The highest BCUT2D eigenvalue weighted by atomic mass is 79.9.